The van der Waals surface area contributed by atoms with Gasteiger partial charge in [0, 0.05) is 22.8 Å². The minimum Gasteiger partial charge on any atom is -0.458 e. The van der Waals surface area contributed by atoms with Crippen molar-refractivity contribution in [3.8, 4) is 0 Å². The quantitative estimate of drug-likeness (QED) is 0.406. The summed E-state index contributed by atoms with van der Waals surface area (Å²) >= 11 is 0. The number of carbonyl (C=O) groups excluding carboxylic acids is 1. The van der Waals surface area contributed by atoms with Crippen LogP contribution in [0.3, 0.4) is 0 Å². The summed E-state index contributed by atoms with van der Waals surface area (Å²) in [6.07, 6.45) is 2.93. The van der Waals surface area contributed by atoms with Crippen LogP contribution in [0.15, 0.2) is 24.3 Å². The standard InChI is InChI=1S/C15H20O3/c1-8-4-5-11(16)15(3)7-6-10-9(2)14(17)18-13(10)12(8)15/h10-13,16H,1-2,4-7H2,3H3/t10-,11+,12+,13-,15-/m0/s1. The molecule has 3 rings (SSSR count). The smallest absolute Gasteiger partial charge is 0.334 e. The molecule has 18 heavy (non-hydrogen) atoms. The Bertz CT molecular complexity index is 439. The zero-order valence-electron chi connectivity index (χ0n) is 10.8. The van der Waals surface area contributed by atoms with E-state index in [1.54, 1.807) is 0 Å². The molecule has 0 spiro atoms. The summed E-state index contributed by atoms with van der Waals surface area (Å²) in [7, 11) is 0. The highest BCUT2D eigenvalue weighted by Crippen LogP contribution is 2.57. The van der Waals surface area contributed by atoms with Gasteiger partial charge in [0.1, 0.15) is 6.10 Å². The molecule has 1 N–H and O–H groups in total. The summed E-state index contributed by atoms with van der Waals surface area (Å²) in [5.74, 6) is -0.0528. The van der Waals surface area contributed by atoms with Crippen molar-refractivity contribution in [2.75, 3.05) is 0 Å². The van der Waals surface area contributed by atoms with E-state index in [1.807, 2.05) is 0 Å². The van der Waals surface area contributed by atoms with Crippen molar-refractivity contribution >= 4 is 5.97 Å². The normalized spacial score (nSPS) is 47.6. The number of aliphatic hydroxyl groups is 1. The van der Waals surface area contributed by atoms with Crippen LogP contribution in [-0.4, -0.2) is 23.3 Å². The van der Waals surface area contributed by atoms with Gasteiger partial charge >= 0.3 is 5.97 Å². The molecular formula is C15H20O3. The largest absolute Gasteiger partial charge is 0.458 e. The Morgan fingerprint density at radius 2 is 2.11 bits per heavy atom. The van der Waals surface area contributed by atoms with Crippen molar-refractivity contribution in [3.63, 3.8) is 0 Å². The Morgan fingerprint density at radius 1 is 1.39 bits per heavy atom. The van der Waals surface area contributed by atoms with E-state index in [4.69, 9.17) is 4.74 Å². The fraction of sp³-hybridized carbons (Fsp3) is 0.667. The fourth-order valence-corrected chi connectivity index (χ4v) is 4.15. The Balaban J connectivity index is 2.00. The van der Waals surface area contributed by atoms with E-state index < -0.39 is 0 Å². The van der Waals surface area contributed by atoms with Crippen LogP contribution in [0.25, 0.3) is 0 Å². The maximum Gasteiger partial charge on any atom is 0.334 e. The van der Waals surface area contributed by atoms with Gasteiger partial charge in [-0.2, -0.15) is 0 Å². The molecule has 98 valence electrons. The molecule has 3 nitrogen and oxygen atoms in total. The first-order chi connectivity index (χ1) is 8.45. The number of aliphatic hydroxyl groups excluding tert-OH is 1. The van der Waals surface area contributed by atoms with Gasteiger partial charge in [0.05, 0.1) is 6.10 Å². The average Bonchev–Trinajstić information content (AvgIpc) is 2.60. The summed E-state index contributed by atoms with van der Waals surface area (Å²) in [6, 6.07) is 0. The maximum atomic E-state index is 11.7. The van der Waals surface area contributed by atoms with Gasteiger partial charge in [-0.1, -0.05) is 25.7 Å². The molecule has 1 aliphatic heterocycles. The molecule has 1 heterocycles. The minimum atomic E-state index is -0.318. The van der Waals surface area contributed by atoms with Crippen LogP contribution >= 0.6 is 0 Å². The molecular weight excluding hydrogens is 228 g/mol. The lowest BCUT2D eigenvalue weighted by Gasteiger charge is -2.52. The van der Waals surface area contributed by atoms with Crippen LogP contribution in [0.4, 0.5) is 0 Å². The fourth-order valence-electron chi connectivity index (χ4n) is 4.15. The average molecular weight is 248 g/mol. The first kappa shape index (κ1) is 12.0. The lowest BCUT2D eigenvalue weighted by Crippen LogP contribution is -2.53. The van der Waals surface area contributed by atoms with Crippen molar-refractivity contribution in [1.29, 1.82) is 0 Å². The number of hydrogen-bond acceptors (Lipinski definition) is 3. The predicted octanol–water partition coefficient (Wildman–Crippen LogP) is 2.21. The van der Waals surface area contributed by atoms with Gasteiger partial charge in [0.25, 0.3) is 0 Å². The molecule has 0 radical (unpaired) electrons. The van der Waals surface area contributed by atoms with Crippen LogP contribution in [0.5, 0.6) is 0 Å². The summed E-state index contributed by atoms with van der Waals surface area (Å²) in [4.78, 5) is 11.7. The van der Waals surface area contributed by atoms with E-state index in [1.165, 1.54) is 0 Å². The van der Waals surface area contributed by atoms with Gasteiger partial charge in [-0.05, 0) is 25.7 Å². The number of hydrogen-bond donors (Lipinski definition) is 1. The second-order valence-corrected chi connectivity index (χ2v) is 6.24. The molecule has 5 atom stereocenters. The molecule has 2 saturated carbocycles. The second kappa shape index (κ2) is 3.70. The van der Waals surface area contributed by atoms with E-state index in [0.717, 1.165) is 31.3 Å². The third-order valence-electron chi connectivity index (χ3n) is 5.32. The second-order valence-electron chi connectivity index (χ2n) is 6.24. The molecule has 0 aromatic rings. The summed E-state index contributed by atoms with van der Waals surface area (Å²) in [6.45, 7) is 10.1. The number of rotatable bonds is 0. The summed E-state index contributed by atoms with van der Waals surface area (Å²) in [5, 5.41) is 10.3. The van der Waals surface area contributed by atoms with Crippen molar-refractivity contribution in [3.05, 3.63) is 24.3 Å². The zero-order chi connectivity index (χ0) is 13.1. The van der Waals surface area contributed by atoms with E-state index in [9.17, 15) is 9.90 Å². The molecule has 0 unspecified atom stereocenters. The Morgan fingerprint density at radius 3 is 2.83 bits per heavy atom. The molecule has 0 aromatic heterocycles. The molecule has 3 aliphatic rings. The highest BCUT2D eigenvalue weighted by molar-refractivity contribution is 5.91. The van der Waals surface area contributed by atoms with Gasteiger partial charge in [-0.15, -0.1) is 0 Å². The van der Waals surface area contributed by atoms with Crippen molar-refractivity contribution < 1.29 is 14.6 Å². The predicted molar refractivity (Wildman–Crippen MR) is 67.7 cm³/mol. The van der Waals surface area contributed by atoms with Gasteiger partial charge < -0.3 is 9.84 Å². The maximum absolute atomic E-state index is 11.7. The number of carbonyl (C=O) groups is 1. The first-order valence-corrected chi connectivity index (χ1v) is 6.70. The van der Waals surface area contributed by atoms with Crippen LogP contribution < -0.4 is 0 Å². The highest BCUT2D eigenvalue weighted by atomic mass is 16.6. The molecule has 1 saturated heterocycles. The Hall–Kier alpha value is -1.09. The van der Waals surface area contributed by atoms with Gasteiger partial charge in [-0.25, -0.2) is 4.79 Å². The SMILES string of the molecule is C=C1CC[C@@H](O)[C@]2(C)CC[C@H]3C(=C)C(=O)O[C@@H]3[C@@H]12. The molecule has 2 aliphatic carbocycles. The molecule has 3 heteroatoms. The highest BCUT2D eigenvalue weighted by Gasteiger charge is 2.57. The van der Waals surface area contributed by atoms with Crippen LogP contribution in [-0.2, 0) is 9.53 Å². The minimum absolute atomic E-state index is 0.0863. The summed E-state index contributed by atoms with van der Waals surface area (Å²) < 4.78 is 5.52. The van der Waals surface area contributed by atoms with Gasteiger partial charge in [-0.3, -0.25) is 0 Å². The van der Waals surface area contributed by atoms with E-state index in [0.29, 0.717) is 5.57 Å². The van der Waals surface area contributed by atoms with Gasteiger partial charge in [0.2, 0.25) is 0 Å². The van der Waals surface area contributed by atoms with E-state index >= 15 is 0 Å². The van der Waals surface area contributed by atoms with Crippen LogP contribution in [0.1, 0.15) is 32.6 Å². The van der Waals surface area contributed by atoms with E-state index in [-0.39, 0.29) is 35.4 Å². The first-order valence-electron chi connectivity index (χ1n) is 6.70. The van der Waals surface area contributed by atoms with Gasteiger partial charge in [0.15, 0.2) is 0 Å². The number of esters is 1. The zero-order valence-corrected chi connectivity index (χ0v) is 10.8. The van der Waals surface area contributed by atoms with Crippen LogP contribution in [0, 0.1) is 17.3 Å². The van der Waals surface area contributed by atoms with Crippen molar-refractivity contribution in [1.82, 2.24) is 0 Å². The molecule has 0 amide bonds. The molecule has 3 fully saturated rings. The number of fused-ring (bicyclic) bond motifs is 3. The summed E-state index contributed by atoms with van der Waals surface area (Å²) in [5.41, 5.74) is 1.54. The number of ether oxygens (including phenoxy) is 1. The topological polar surface area (TPSA) is 46.5 Å². The molecule has 0 bridgehead atoms. The molecule has 0 aromatic carbocycles. The van der Waals surface area contributed by atoms with E-state index in [2.05, 4.69) is 20.1 Å². The Labute approximate surface area is 108 Å². The lowest BCUT2D eigenvalue weighted by molar-refractivity contribution is -0.150. The monoisotopic (exact) mass is 248 g/mol. The third-order valence-corrected chi connectivity index (χ3v) is 5.32. The third kappa shape index (κ3) is 1.37. The lowest BCUT2D eigenvalue weighted by atomic mass is 9.54. The van der Waals surface area contributed by atoms with Crippen molar-refractivity contribution in [2.24, 2.45) is 17.3 Å². The van der Waals surface area contributed by atoms with Crippen molar-refractivity contribution in [2.45, 2.75) is 44.8 Å². The van der Waals surface area contributed by atoms with Crippen LogP contribution in [0.2, 0.25) is 0 Å². The Kier molecular flexibility index (Phi) is 2.46.